The molecule has 1 unspecified atom stereocenters. The van der Waals surface area contributed by atoms with Gasteiger partial charge in [0.15, 0.2) is 0 Å². The Labute approximate surface area is 143 Å². The van der Waals surface area contributed by atoms with Crippen molar-refractivity contribution in [2.75, 3.05) is 13.1 Å². The van der Waals surface area contributed by atoms with Gasteiger partial charge in [-0.1, -0.05) is 26.0 Å². The largest absolute Gasteiger partial charge is 0.393 e. The molecule has 1 aromatic heterocycles. The summed E-state index contributed by atoms with van der Waals surface area (Å²) in [6.45, 7) is 9.53. The molecule has 0 aliphatic heterocycles. The van der Waals surface area contributed by atoms with Crippen molar-refractivity contribution in [3.8, 4) is 0 Å². The molecule has 3 N–H and O–H groups in total. The Balaban J connectivity index is 1.81. The maximum atomic E-state index is 11.9. The van der Waals surface area contributed by atoms with E-state index in [1.165, 1.54) is 0 Å². The molecule has 2 amide bonds. The van der Waals surface area contributed by atoms with Crippen LogP contribution in [0.15, 0.2) is 24.3 Å². The number of benzene rings is 1. The number of nitrogens with one attached hydrogen (secondary N) is 2. The number of amides is 2. The highest BCUT2D eigenvalue weighted by Gasteiger charge is 2.21. The molecule has 2 rings (SSSR count). The molecule has 132 valence electrons. The number of aryl methyl sites for hydroxylation is 1. The van der Waals surface area contributed by atoms with E-state index in [1.54, 1.807) is 6.92 Å². The molecular formula is C18H28N4O2. The minimum atomic E-state index is -0.373. The van der Waals surface area contributed by atoms with Gasteiger partial charge in [0.2, 0.25) is 0 Å². The third-order valence-electron chi connectivity index (χ3n) is 4.04. The summed E-state index contributed by atoms with van der Waals surface area (Å²) in [6, 6.07) is 7.80. The first-order valence-corrected chi connectivity index (χ1v) is 8.40. The van der Waals surface area contributed by atoms with Gasteiger partial charge in [0, 0.05) is 19.6 Å². The smallest absolute Gasteiger partial charge is 0.314 e. The number of aliphatic hydroxyl groups excluding tert-OH is 1. The summed E-state index contributed by atoms with van der Waals surface area (Å²) >= 11 is 0. The first-order chi connectivity index (χ1) is 11.3. The molecule has 0 saturated heterocycles. The predicted octanol–water partition coefficient (Wildman–Crippen LogP) is 2.44. The molecule has 6 nitrogen and oxygen atoms in total. The molecule has 0 fully saturated rings. The Morgan fingerprint density at radius 2 is 2.04 bits per heavy atom. The SMILES string of the molecule is Cc1nc2ccccc2n1CCNC(=O)NCC(C)(C)CC(C)O. The molecule has 1 heterocycles. The Bertz CT molecular complexity index is 691. The van der Waals surface area contributed by atoms with Crippen molar-refractivity contribution >= 4 is 17.1 Å². The van der Waals surface area contributed by atoms with Crippen LogP contribution in [0.2, 0.25) is 0 Å². The highest BCUT2D eigenvalue weighted by atomic mass is 16.3. The molecular weight excluding hydrogens is 304 g/mol. The van der Waals surface area contributed by atoms with E-state index < -0.39 is 0 Å². The number of carbonyl (C=O) groups excluding carboxylic acids is 1. The van der Waals surface area contributed by atoms with Crippen LogP contribution in [-0.2, 0) is 6.54 Å². The number of aromatic nitrogens is 2. The van der Waals surface area contributed by atoms with Crippen LogP contribution in [0.4, 0.5) is 4.79 Å². The first kappa shape index (κ1) is 18.3. The van der Waals surface area contributed by atoms with Gasteiger partial charge in [-0.15, -0.1) is 0 Å². The lowest BCUT2D eigenvalue weighted by Gasteiger charge is -2.26. The van der Waals surface area contributed by atoms with Crippen LogP contribution >= 0.6 is 0 Å². The molecule has 0 saturated carbocycles. The fraction of sp³-hybridized carbons (Fsp3) is 0.556. The van der Waals surface area contributed by atoms with Crippen LogP contribution in [0, 0.1) is 12.3 Å². The van der Waals surface area contributed by atoms with Gasteiger partial charge < -0.3 is 20.3 Å². The minimum Gasteiger partial charge on any atom is -0.393 e. The fourth-order valence-electron chi connectivity index (χ4n) is 3.01. The predicted molar refractivity (Wildman–Crippen MR) is 96.0 cm³/mol. The van der Waals surface area contributed by atoms with Crippen LogP contribution in [0.25, 0.3) is 11.0 Å². The molecule has 1 atom stereocenters. The summed E-state index contributed by atoms with van der Waals surface area (Å²) in [5, 5.41) is 15.2. The van der Waals surface area contributed by atoms with Crippen molar-refractivity contribution in [2.45, 2.75) is 46.8 Å². The van der Waals surface area contributed by atoms with Crippen molar-refractivity contribution in [1.29, 1.82) is 0 Å². The molecule has 0 aliphatic carbocycles. The molecule has 2 aromatic rings. The van der Waals surface area contributed by atoms with Crippen LogP contribution in [0.1, 0.15) is 33.0 Å². The summed E-state index contributed by atoms with van der Waals surface area (Å²) < 4.78 is 2.10. The first-order valence-electron chi connectivity index (χ1n) is 8.40. The summed E-state index contributed by atoms with van der Waals surface area (Å²) in [6.07, 6.45) is 0.274. The monoisotopic (exact) mass is 332 g/mol. The molecule has 0 bridgehead atoms. The fourth-order valence-corrected chi connectivity index (χ4v) is 3.01. The van der Waals surface area contributed by atoms with E-state index in [2.05, 4.69) is 20.2 Å². The van der Waals surface area contributed by atoms with Gasteiger partial charge >= 0.3 is 6.03 Å². The van der Waals surface area contributed by atoms with Crippen molar-refractivity contribution in [3.63, 3.8) is 0 Å². The average molecular weight is 332 g/mol. The standard InChI is InChI=1S/C18H28N4O2/c1-13(23)11-18(3,4)12-20-17(24)19-9-10-22-14(2)21-15-7-5-6-8-16(15)22/h5-8,13,23H,9-12H2,1-4H3,(H2,19,20,24). The minimum absolute atomic E-state index is 0.136. The molecule has 6 heteroatoms. The summed E-state index contributed by atoms with van der Waals surface area (Å²) in [5.74, 6) is 0.941. The lowest BCUT2D eigenvalue weighted by Crippen LogP contribution is -2.42. The maximum absolute atomic E-state index is 11.9. The van der Waals surface area contributed by atoms with Crippen LogP contribution in [-0.4, -0.2) is 39.9 Å². The number of aliphatic hydroxyl groups is 1. The Morgan fingerprint density at radius 3 is 2.75 bits per heavy atom. The zero-order valence-electron chi connectivity index (χ0n) is 15.0. The summed E-state index contributed by atoms with van der Waals surface area (Å²) in [7, 11) is 0. The third-order valence-corrected chi connectivity index (χ3v) is 4.04. The molecule has 24 heavy (non-hydrogen) atoms. The van der Waals surface area contributed by atoms with E-state index in [-0.39, 0.29) is 17.6 Å². The van der Waals surface area contributed by atoms with E-state index in [0.717, 1.165) is 16.9 Å². The second-order valence-corrected chi connectivity index (χ2v) is 7.13. The van der Waals surface area contributed by atoms with E-state index in [0.29, 0.717) is 26.1 Å². The van der Waals surface area contributed by atoms with Crippen molar-refractivity contribution in [1.82, 2.24) is 20.2 Å². The topological polar surface area (TPSA) is 79.2 Å². The van der Waals surface area contributed by atoms with Crippen molar-refractivity contribution < 1.29 is 9.90 Å². The van der Waals surface area contributed by atoms with Crippen LogP contribution < -0.4 is 10.6 Å². The molecule has 0 radical (unpaired) electrons. The Kier molecular flexibility index (Phi) is 5.83. The maximum Gasteiger partial charge on any atom is 0.314 e. The normalized spacial score (nSPS) is 13.0. The number of para-hydroxylation sites is 2. The van der Waals surface area contributed by atoms with E-state index in [9.17, 15) is 9.90 Å². The van der Waals surface area contributed by atoms with Crippen molar-refractivity contribution in [3.05, 3.63) is 30.1 Å². The zero-order valence-corrected chi connectivity index (χ0v) is 15.0. The quantitative estimate of drug-likeness (QED) is 0.728. The third kappa shape index (κ3) is 4.96. The number of rotatable bonds is 7. The molecule has 0 aliphatic rings. The molecule has 1 aromatic carbocycles. The number of urea groups is 1. The number of hydrogen-bond donors (Lipinski definition) is 3. The Morgan fingerprint density at radius 1 is 1.33 bits per heavy atom. The van der Waals surface area contributed by atoms with Gasteiger partial charge in [-0.2, -0.15) is 0 Å². The number of fused-ring (bicyclic) bond motifs is 1. The second kappa shape index (κ2) is 7.66. The highest BCUT2D eigenvalue weighted by Crippen LogP contribution is 2.20. The lowest BCUT2D eigenvalue weighted by molar-refractivity contribution is 0.129. The van der Waals surface area contributed by atoms with Crippen molar-refractivity contribution in [2.24, 2.45) is 5.41 Å². The second-order valence-electron chi connectivity index (χ2n) is 7.13. The van der Waals surface area contributed by atoms with Gasteiger partial charge in [-0.3, -0.25) is 0 Å². The number of nitrogens with zero attached hydrogens (tertiary/aromatic N) is 2. The number of carbonyl (C=O) groups is 1. The van der Waals surface area contributed by atoms with Gasteiger partial charge in [0.05, 0.1) is 17.1 Å². The Hall–Kier alpha value is -2.08. The lowest BCUT2D eigenvalue weighted by atomic mass is 9.87. The number of hydrogen-bond acceptors (Lipinski definition) is 3. The van der Waals surface area contributed by atoms with Gasteiger partial charge in [-0.25, -0.2) is 9.78 Å². The summed E-state index contributed by atoms with van der Waals surface area (Å²) in [4.78, 5) is 16.5. The van der Waals surface area contributed by atoms with E-state index in [1.807, 2.05) is 45.0 Å². The number of imidazole rings is 1. The van der Waals surface area contributed by atoms with Gasteiger partial charge in [0.1, 0.15) is 5.82 Å². The van der Waals surface area contributed by atoms with Gasteiger partial charge in [-0.05, 0) is 37.8 Å². The van der Waals surface area contributed by atoms with Crippen LogP contribution in [0.3, 0.4) is 0 Å². The highest BCUT2D eigenvalue weighted by molar-refractivity contribution is 5.76. The van der Waals surface area contributed by atoms with Gasteiger partial charge in [0.25, 0.3) is 0 Å². The summed E-state index contributed by atoms with van der Waals surface area (Å²) in [5.41, 5.74) is 1.91. The van der Waals surface area contributed by atoms with E-state index in [4.69, 9.17) is 0 Å². The van der Waals surface area contributed by atoms with E-state index >= 15 is 0 Å². The molecule has 0 spiro atoms. The average Bonchev–Trinajstić information content (AvgIpc) is 2.80. The zero-order chi connectivity index (χ0) is 17.7. The van der Waals surface area contributed by atoms with Crippen LogP contribution in [0.5, 0.6) is 0 Å².